The van der Waals surface area contributed by atoms with E-state index in [2.05, 4.69) is 0 Å². The highest BCUT2D eigenvalue weighted by atomic mass is 19.4. The fourth-order valence-corrected chi connectivity index (χ4v) is 1.32. The van der Waals surface area contributed by atoms with Gasteiger partial charge in [-0.05, 0) is 12.5 Å². The van der Waals surface area contributed by atoms with Crippen LogP contribution in [-0.2, 0) is 0 Å². The van der Waals surface area contributed by atoms with Gasteiger partial charge in [0, 0.05) is 18.0 Å². The summed E-state index contributed by atoms with van der Waals surface area (Å²) in [6.45, 7) is 0. The van der Waals surface area contributed by atoms with Crippen molar-refractivity contribution < 1.29 is 23.4 Å². The summed E-state index contributed by atoms with van der Waals surface area (Å²) < 4.78 is 35.8. The third-order valence-electron chi connectivity index (χ3n) is 2.18. The molecule has 0 heterocycles. The minimum Gasteiger partial charge on any atom is -0.504 e. The Kier molecular flexibility index (Phi) is 3.64. The van der Waals surface area contributed by atoms with Gasteiger partial charge in [-0.2, -0.15) is 13.2 Å². The fraction of sp³-hybridized carbons (Fsp3) is 0.400. The van der Waals surface area contributed by atoms with Crippen LogP contribution in [0.4, 0.5) is 13.2 Å². The first kappa shape index (κ1) is 12.6. The Balaban J connectivity index is 2.73. The molecule has 4 N–H and O–H groups in total. The van der Waals surface area contributed by atoms with Crippen molar-refractivity contribution in [1.29, 1.82) is 0 Å². The van der Waals surface area contributed by atoms with E-state index in [1.54, 1.807) is 0 Å². The average Bonchev–Trinajstić information content (AvgIpc) is 2.17. The number of hydrogen-bond acceptors (Lipinski definition) is 3. The van der Waals surface area contributed by atoms with Crippen molar-refractivity contribution in [2.24, 2.45) is 5.73 Å². The van der Waals surface area contributed by atoms with Crippen molar-refractivity contribution in [2.45, 2.75) is 25.1 Å². The zero-order valence-corrected chi connectivity index (χ0v) is 8.33. The molecule has 0 aromatic heterocycles. The number of benzene rings is 1. The zero-order chi connectivity index (χ0) is 12.3. The van der Waals surface area contributed by atoms with Crippen molar-refractivity contribution in [3.05, 3.63) is 23.8 Å². The normalized spacial score (nSPS) is 13.8. The van der Waals surface area contributed by atoms with E-state index in [1.165, 1.54) is 18.2 Å². The molecule has 1 rings (SSSR count). The molecule has 6 heteroatoms. The van der Waals surface area contributed by atoms with E-state index in [1.807, 2.05) is 0 Å². The Morgan fingerprint density at radius 3 is 2.44 bits per heavy atom. The van der Waals surface area contributed by atoms with Gasteiger partial charge in [0.1, 0.15) is 0 Å². The third-order valence-corrected chi connectivity index (χ3v) is 2.18. The second kappa shape index (κ2) is 4.61. The van der Waals surface area contributed by atoms with Gasteiger partial charge in [0.15, 0.2) is 11.5 Å². The van der Waals surface area contributed by atoms with Crippen molar-refractivity contribution in [3.63, 3.8) is 0 Å². The number of hydrogen-bond donors (Lipinski definition) is 3. The van der Waals surface area contributed by atoms with Gasteiger partial charge in [-0.3, -0.25) is 0 Å². The van der Waals surface area contributed by atoms with Gasteiger partial charge in [0.05, 0.1) is 0 Å². The van der Waals surface area contributed by atoms with Crippen LogP contribution < -0.4 is 5.73 Å². The summed E-state index contributed by atoms with van der Waals surface area (Å²) in [5.41, 5.74) is 5.62. The predicted molar refractivity (Wildman–Crippen MR) is 52.0 cm³/mol. The number of para-hydroxylation sites is 1. The Bertz CT molecular complexity index is 366. The van der Waals surface area contributed by atoms with Crippen molar-refractivity contribution >= 4 is 0 Å². The monoisotopic (exact) mass is 235 g/mol. The molecule has 16 heavy (non-hydrogen) atoms. The highest BCUT2D eigenvalue weighted by Gasteiger charge is 2.28. The highest BCUT2D eigenvalue weighted by molar-refractivity contribution is 5.45. The summed E-state index contributed by atoms with van der Waals surface area (Å²) in [5.74, 6) is -0.850. The maximum absolute atomic E-state index is 11.9. The summed E-state index contributed by atoms with van der Waals surface area (Å²) in [4.78, 5) is 0. The highest BCUT2D eigenvalue weighted by Crippen LogP contribution is 2.34. The zero-order valence-electron chi connectivity index (χ0n) is 8.33. The molecule has 0 aliphatic rings. The first-order chi connectivity index (χ1) is 7.31. The molecule has 0 radical (unpaired) electrons. The van der Waals surface area contributed by atoms with Gasteiger partial charge in [-0.25, -0.2) is 0 Å². The molecule has 3 nitrogen and oxygen atoms in total. The van der Waals surface area contributed by atoms with Gasteiger partial charge in [0.25, 0.3) is 0 Å². The van der Waals surface area contributed by atoms with Crippen molar-refractivity contribution in [2.75, 3.05) is 0 Å². The predicted octanol–water partition coefficient (Wildman–Crippen LogP) is 2.44. The van der Waals surface area contributed by atoms with Crippen LogP contribution in [0.1, 0.15) is 24.4 Å². The first-order valence-corrected chi connectivity index (χ1v) is 4.64. The molecular weight excluding hydrogens is 223 g/mol. The van der Waals surface area contributed by atoms with Crippen molar-refractivity contribution in [3.8, 4) is 11.5 Å². The van der Waals surface area contributed by atoms with Gasteiger partial charge >= 0.3 is 6.18 Å². The number of nitrogens with two attached hydrogens (primary N) is 1. The largest absolute Gasteiger partial charge is 0.504 e. The Labute approximate surface area is 90.3 Å². The molecule has 0 amide bonds. The molecule has 1 atom stereocenters. The standard InChI is InChI=1S/C10H12F3NO2/c11-10(12,13)5-4-7(14)6-2-1-3-8(15)9(6)16/h1-3,7,15-16H,4-5,14H2/t7-/m0/s1. The topological polar surface area (TPSA) is 66.5 Å². The van der Waals surface area contributed by atoms with E-state index < -0.39 is 24.4 Å². The number of phenolic OH excluding ortho intramolecular Hbond substituents is 2. The SMILES string of the molecule is N[C@@H](CCC(F)(F)F)c1cccc(O)c1O. The molecule has 0 fully saturated rings. The van der Waals surface area contributed by atoms with Crippen LogP contribution in [-0.4, -0.2) is 16.4 Å². The van der Waals surface area contributed by atoms with E-state index in [9.17, 15) is 18.3 Å². The van der Waals surface area contributed by atoms with Gasteiger partial charge < -0.3 is 15.9 Å². The molecule has 0 saturated carbocycles. The quantitative estimate of drug-likeness (QED) is 0.705. The van der Waals surface area contributed by atoms with Crippen LogP contribution in [0, 0.1) is 0 Å². The van der Waals surface area contributed by atoms with E-state index >= 15 is 0 Å². The molecule has 90 valence electrons. The molecule has 1 aromatic rings. The maximum Gasteiger partial charge on any atom is 0.389 e. The lowest BCUT2D eigenvalue weighted by atomic mass is 10.0. The van der Waals surface area contributed by atoms with Gasteiger partial charge in [-0.1, -0.05) is 12.1 Å². The van der Waals surface area contributed by atoms with Gasteiger partial charge in [0.2, 0.25) is 0 Å². The lowest BCUT2D eigenvalue weighted by molar-refractivity contribution is -0.136. The maximum atomic E-state index is 11.9. The lowest BCUT2D eigenvalue weighted by Gasteiger charge is -2.15. The van der Waals surface area contributed by atoms with Crippen LogP contribution in [0.2, 0.25) is 0 Å². The molecular formula is C10H12F3NO2. The third kappa shape index (κ3) is 3.30. The van der Waals surface area contributed by atoms with Crippen LogP contribution in [0.25, 0.3) is 0 Å². The Morgan fingerprint density at radius 1 is 1.25 bits per heavy atom. The summed E-state index contributed by atoms with van der Waals surface area (Å²) in [6, 6.07) is 3.08. The van der Waals surface area contributed by atoms with Gasteiger partial charge in [-0.15, -0.1) is 0 Å². The second-order valence-corrected chi connectivity index (χ2v) is 3.48. The van der Waals surface area contributed by atoms with Crippen LogP contribution in [0.15, 0.2) is 18.2 Å². The van der Waals surface area contributed by atoms with E-state index in [4.69, 9.17) is 10.8 Å². The Morgan fingerprint density at radius 2 is 1.88 bits per heavy atom. The minimum absolute atomic E-state index is 0.115. The number of phenols is 2. The average molecular weight is 235 g/mol. The fourth-order valence-electron chi connectivity index (χ4n) is 1.32. The summed E-state index contributed by atoms with van der Waals surface area (Å²) in [7, 11) is 0. The number of rotatable bonds is 3. The second-order valence-electron chi connectivity index (χ2n) is 3.48. The molecule has 0 bridgehead atoms. The Hall–Kier alpha value is -1.43. The van der Waals surface area contributed by atoms with Crippen molar-refractivity contribution in [1.82, 2.24) is 0 Å². The molecule has 0 unspecified atom stereocenters. The van der Waals surface area contributed by atoms with Crippen LogP contribution in [0.5, 0.6) is 11.5 Å². The summed E-state index contributed by atoms with van der Waals surface area (Å²) in [6.07, 6.45) is -5.63. The molecule has 0 aliphatic carbocycles. The lowest BCUT2D eigenvalue weighted by Crippen LogP contribution is -2.15. The van der Waals surface area contributed by atoms with Crippen LogP contribution in [0.3, 0.4) is 0 Å². The molecule has 1 aromatic carbocycles. The number of halogens is 3. The van der Waals surface area contributed by atoms with E-state index in [0.717, 1.165) is 0 Å². The molecule has 0 saturated heterocycles. The molecule has 0 aliphatic heterocycles. The summed E-state index contributed by atoms with van der Waals surface area (Å²) >= 11 is 0. The molecule has 0 spiro atoms. The van der Waals surface area contributed by atoms with Crippen LogP contribution >= 0.6 is 0 Å². The first-order valence-electron chi connectivity index (χ1n) is 4.64. The minimum atomic E-state index is -4.27. The number of alkyl halides is 3. The van der Waals surface area contributed by atoms with E-state index in [-0.39, 0.29) is 17.7 Å². The smallest absolute Gasteiger partial charge is 0.389 e. The summed E-state index contributed by atoms with van der Waals surface area (Å²) in [5, 5.41) is 18.5. The number of aromatic hydroxyl groups is 2. The van der Waals surface area contributed by atoms with E-state index in [0.29, 0.717) is 0 Å².